The van der Waals surface area contributed by atoms with Crippen molar-refractivity contribution in [3.8, 4) is 5.75 Å². The Kier molecular flexibility index (Phi) is 3.39. The summed E-state index contributed by atoms with van der Waals surface area (Å²) in [6, 6.07) is 6.05. The highest BCUT2D eigenvalue weighted by Gasteiger charge is 2.20. The van der Waals surface area contributed by atoms with Crippen LogP contribution in [0.15, 0.2) is 24.4 Å². The van der Waals surface area contributed by atoms with Gasteiger partial charge in [-0.1, -0.05) is 23.8 Å². The topological polar surface area (TPSA) is 53.1 Å². The van der Waals surface area contributed by atoms with Crippen molar-refractivity contribution in [2.75, 3.05) is 7.11 Å². The first kappa shape index (κ1) is 12.6. The highest BCUT2D eigenvalue weighted by molar-refractivity contribution is 5.40. The molecule has 0 spiro atoms. The summed E-state index contributed by atoms with van der Waals surface area (Å²) in [6.45, 7) is 4.15. The van der Waals surface area contributed by atoms with Crippen molar-refractivity contribution in [3.63, 3.8) is 0 Å². The second-order valence-corrected chi connectivity index (χ2v) is 4.56. The molecule has 2 rings (SSSR count). The number of aryl methyl sites for hydroxylation is 3. The third-order valence-electron chi connectivity index (χ3n) is 3.22. The number of methoxy groups -OCH3 is 1. The average molecular weight is 245 g/mol. The normalized spacial score (nSPS) is 12.5. The summed E-state index contributed by atoms with van der Waals surface area (Å²) in [5.74, 6) is 0.727. The van der Waals surface area contributed by atoms with E-state index in [4.69, 9.17) is 10.5 Å². The van der Waals surface area contributed by atoms with E-state index in [1.807, 2.05) is 7.05 Å². The molecule has 0 fully saturated rings. The van der Waals surface area contributed by atoms with E-state index in [1.54, 1.807) is 18.0 Å². The standard InChI is InChI=1S/C14H19N3O/c1-9-5-6-11(10(2)7-9)13(15)14-12(18-4)8-16-17(14)3/h5-8,13H,15H2,1-4H3. The number of nitrogens with two attached hydrogens (primary N) is 1. The van der Waals surface area contributed by atoms with Crippen LogP contribution < -0.4 is 10.5 Å². The van der Waals surface area contributed by atoms with Crippen LogP contribution in [0, 0.1) is 13.8 Å². The molecule has 0 saturated carbocycles. The number of benzene rings is 1. The lowest BCUT2D eigenvalue weighted by Crippen LogP contribution is -2.18. The van der Waals surface area contributed by atoms with E-state index in [-0.39, 0.29) is 6.04 Å². The summed E-state index contributed by atoms with van der Waals surface area (Å²) in [4.78, 5) is 0. The van der Waals surface area contributed by atoms with Gasteiger partial charge in [0.05, 0.1) is 19.3 Å². The molecule has 0 saturated heterocycles. The monoisotopic (exact) mass is 245 g/mol. The minimum Gasteiger partial charge on any atom is -0.493 e. The fourth-order valence-electron chi connectivity index (χ4n) is 2.26. The van der Waals surface area contributed by atoms with Crippen molar-refractivity contribution in [3.05, 3.63) is 46.8 Å². The minimum absolute atomic E-state index is 0.229. The summed E-state index contributed by atoms with van der Waals surface area (Å²) in [5.41, 5.74) is 10.8. The molecule has 2 N–H and O–H groups in total. The first-order chi connectivity index (χ1) is 8.54. The first-order valence-electron chi connectivity index (χ1n) is 5.93. The molecule has 0 aliphatic carbocycles. The summed E-state index contributed by atoms with van der Waals surface area (Å²) in [5, 5.41) is 4.19. The second kappa shape index (κ2) is 4.82. The highest BCUT2D eigenvalue weighted by atomic mass is 16.5. The van der Waals surface area contributed by atoms with Crippen molar-refractivity contribution in [2.45, 2.75) is 19.9 Å². The number of aromatic nitrogens is 2. The van der Waals surface area contributed by atoms with Gasteiger partial charge in [-0.05, 0) is 25.0 Å². The predicted octanol–water partition coefficient (Wildman–Crippen LogP) is 2.09. The van der Waals surface area contributed by atoms with Gasteiger partial charge in [-0.25, -0.2) is 0 Å². The number of ether oxygens (including phenoxy) is 1. The Balaban J connectivity index is 2.47. The van der Waals surface area contributed by atoms with Gasteiger partial charge in [0.2, 0.25) is 0 Å². The van der Waals surface area contributed by atoms with Crippen LogP contribution in [0.1, 0.15) is 28.4 Å². The summed E-state index contributed by atoms with van der Waals surface area (Å²) >= 11 is 0. The lowest BCUT2D eigenvalue weighted by atomic mass is 9.97. The van der Waals surface area contributed by atoms with Crippen LogP contribution in [0.25, 0.3) is 0 Å². The third-order valence-corrected chi connectivity index (χ3v) is 3.22. The van der Waals surface area contributed by atoms with Gasteiger partial charge in [0.25, 0.3) is 0 Å². The van der Waals surface area contributed by atoms with Crippen molar-refractivity contribution in [2.24, 2.45) is 12.8 Å². The van der Waals surface area contributed by atoms with Gasteiger partial charge >= 0.3 is 0 Å². The fraction of sp³-hybridized carbons (Fsp3) is 0.357. The maximum absolute atomic E-state index is 6.35. The zero-order chi connectivity index (χ0) is 13.3. The Morgan fingerprint density at radius 2 is 2.06 bits per heavy atom. The van der Waals surface area contributed by atoms with E-state index in [2.05, 4.69) is 37.1 Å². The van der Waals surface area contributed by atoms with Gasteiger partial charge < -0.3 is 10.5 Å². The maximum atomic E-state index is 6.35. The highest BCUT2D eigenvalue weighted by Crippen LogP contribution is 2.29. The molecule has 1 atom stereocenters. The van der Waals surface area contributed by atoms with Crippen LogP contribution in [0.3, 0.4) is 0 Å². The Hall–Kier alpha value is -1.81. The summed E-state index contributed by atoms with van der Waals surface area (Å²) < 4.78 is 7.08. The summed E-state index contributed by atoms with van der Waals surface area (Å²) in [6.07, 6.45) is 1.69. The molecule has 0 aliphatic rings. The number of hydrogen-bond donors (Lipinski definition) is 1. The van der Waals surface area contributed by atoms with E-state index in [9.17, 15) is 0 Å². The van der Waals surface area contributed by atoms with Crippen LogP contribution in [-0.4, -0.2) is 16.9 Å². The zero-order valence-electron chi connectivity index (χ0n) is 11.3. The second-order valence-electron chi connectivity index (χ2n) is 4.56. The van der Waals surface area contributed by atoms with Crippen molar-refractivity contribution < 1.29 is 4.74 Å². The molecule has 0 radical (unpaired) electrons. The molecule has 0 aliphatic heterocycles. The lowest BCUT2D eigenvalue weighted by molar-refractivity contribution is 0.406. The number of nitrogens with zero attached hydrogens (tertiary/aromatic N) is 2. The molecule has 4 nitrogen and oxygen atoms in total. The SMILES string of the molecule is COc1cnn(C)c1C(N)c1ccc(C)cc1C. The van der Waals surface area contributed by atoms with Gasteiger partial charge in [-0.15, -0.1) is 0 Å². The molecular formula is C14H19N3O. The van der Waals surface area contributed by atoms with Gasteiger partial charge in [-0.3, -0.25) is 4.68 Å². The molecule has 4 heteroatoms. The van der Waals surface area contributed by atoms with Crippen molar-refractivity contribution in [1.29, 1.82) is 0 Å². The van der Waals surface area contributed by atoms with Gasteiger partial charge in [0.1, 0.15) is 5.69 Å². The minimum atomic E-state index is -0.229. The Bertz CT molecular complexity index is 560. The van der Waals surface area contributed by atoms with Crippen LogP contribution in [0.2, 0.25) is 0 Å². The van der Waals surface area contributed by atoms with Gasteiger partial charge in [0.15, 0.2) is 5.75 Å². The van der Waals surface area contributed by atoms with Crippen LogP contribution >= 0.6 is 0 Å². The number of rotatable bonds is 3. The maximum Gasteiger partial charge on any atom is 0.161 e. The van der Waals surface area contributed by atoms with Crippen LogP contribution in [-0.2, 0) is 7.05 Å². The third kappa shape index (κ3) is 2.11. The smallest absolute Gasteiger partial charge is 0.161 e. The molecule has 96 valence electrons. The zero-order valence-corrected chi connectivity index (χ0v) is 11.3. The molecule has 2 aromatic rings. The molecule has 0 amide bonds. The molecule has 0 bridgehead atoms. The number of hydrogen-bond acceptors (Lipinski definition) is 3. The molecule has 1 aromatic carbocycles. The molecule has 18 heavy (non-hydrogen) atoms. The van der Waals surface area contributed by atoms with Gasteiger partial charge in [0, 0.05) is 7.05 Å². The molecule has 1 unspecified atom stereocenters. The quantitative estimate of drug-likeness (QED) is 0.901. The Morgan fingerprint density at radius 3 is 2.67 bits per heavy atom. The van der Waals surface area contributed by atoms with E-state index in [0.717, 1.165) is 17.0 Å². The molecular weight excluding hydrogens is 226 g/mol. The van der Waals surface area contributed by atoms with E-state index >= 15 is 0 Å². The van der Waals surface area contributed by atoms with Crippen molar-refractivity contribution >= 4 is 0 Å². The summed E-state index contributed by atoms with van der Waals surface area (Å²) in [7, 11) is 3.51. The lowest BCUT2D eigenvalue weighted by Gasteiger charge is -2.17. The van der Waals surface area contributed by atoms with Crippen LogP contribution in [0.5, 0.6) is 5.75 Å². The largest absolute Gasteiger partial charge is 0.493 e. The van der Waals surface area contributed by atoms with E-state index < -0.39 is 0 Å². The van der Waals surface area contributed by atoms with Gasteiger partial charge in [-0.2, -0.15) is 5.10 Å². The predicted molar refractivity (Wildman–Crippen MR) is 71.7 cm³/mol. The average Bonchev–Trinajstić information content (AvgIpc) is 2.69. The van der Waals surface area contributed by atoms with Crippen LogP contribution in [0.4, 0.5) is 0 Å². The Morgan fingerprint density at radius 1 is 1.33 bits per heavy atom. The van der Waals surface area contributed by atoms with Crippen molar-refractivity contribution in [1.82, 2.24) is 9.78 Å². The first-order valence-corrected chi connectivity index (χ1v) is 5.93. The van der Waals surface area contributed by atoms with E-state index in [0.29, 0.717) is 0 Å². The molecule has 1 heterocycles. The van der Waals surface area contributed by atoms with E-state index in [1.165, 1.54) is 11.1 Å². The molecule has 1 aromatic heterocycles. The fourth-order valence-corrected chi connectivity index (χ4v) is 2.26. The Labute approximate surface area is 107 Å².